The van der Waals surface area contributed by atoms with Crippen molar-refractivity contribution in [2.24, 2.45) is 4.99 Å². The second-order valence-electron chi connectivity index (χ2n) is 8.28. The second-order valence-corrected chi connectivity index (χ2v) is 8.28. The number of nitrogens with zero attached hydrogens (tertiary/aromatic N) is 2. The van der Waals surface area contributed by atoms with Crippen molar-refractivity contribution in [1.82, 2.24) is 15.5 Å². The molecule has 2 fully saturated rings. The molecule has 7 heteroatoms. The zero-order chi connectivity index (χ0) is 20.5. The fraction of sp³-hybridized carbons (Fsp3) is 0.696. The van der Waals surface area contributed by atoms with Crippen LogP contribution in [-0.4, -0.2) is 62.8 Å². The van der Waals surface area contributed by atoms with Gasteiger partial charge in [-0.2, -0.15) is 0 Å². The minimum absolute atomic E-state index is 0. The number of piperidine rings is 1. The highest BCUT2D eigenvalue weighted by molar-refractivity contribution is 14.0. The van der Waals surface area contributed by atoms with E-state index in [-0.39, 0.29) is 30.1 Å². The third-order valence-electron chi connectivity index (χ3n) is 6.14. The van der Waals surface area contributed by atoms with Crippen LogP contribution in [0.3, 0.4) is 0 Å². The maximum atomic E-state index is 6.03. The van der Waals surface area contributed by atoms with Gasteiger partial charge in [0.2, 0.25) is 0 Å². The Labute approximate surface area is 199 Å². The molecule has 1 atom stereocenters. The minimum atomic E-state index is -0.00185. The number of halogens is 1. The fourth-order valence-corrected chi connectivity index (χ4v) is 4.46. The quantitative estimate of drug-likeness (QED) is 0.317. The molecule has 170 valence electrons. The van der Waals surface area contributed by atoms with Crippen LogP contribution in [0.15, 0.2) is 29.3 Å². The molecular weight excluding hydrogens is 491 g/mol. The van der Waals surface area contributed by atoms with E-state index in [4.69, 9.17) is 9.47 Å². The van der Waals surface area contributed by atoms with E-state index in [0.717, 1.165) is 23.5 Å². The molecule has 2 N–H and O–H groups in total. The van der Waals surface area contributed by atoms with E-state index in [1.807, 2.05) is 31.3 Å². The lowest BCUT2D eigenvalue weighted by Crippen LogP contribution is -2.51. The summed E-state index contributed by atoms with van der Waals surface area (Å²) < 4.78 is 11.4. The molecule has 1 saturated carbocycles. The summed E-state index contributed by atoms with van der Waals surface area (Å²) in [5.74, 6) is 2.38. The third kappa shape index (κ3) is 7.48. The molecule has 6 nitrogen and oxygen atoms in total. The molecule has 1 aliphatic heterocycles. The summed E-state index contributed by atoms with van der Waals surface area (Å²) >= 11 is 0. The second kappa shape index (κ2) is 13.2. The van der Waals surface area contributed by atoms with Crippen molar-refractivity contribution >= 4 is 29.9 Å². The van der Waals surface area contributed by atoms with Crippen molar-refractivity contribution in [3.05, 3.63) is 24.3 Å². The zero-order valence-corrected chi connectivity index (χ0v) is 21.1. The van der Waals surface area contributed by atoms with E-state index in [2.05, 4.69) is 27.4 Å². The smallest absolute Gasteiger partial charge is 0.191 e. The molecule has 0 spiro atoms. The average molecular weight is 530 g/mol. The highest BCUT2D eigenvalue weighted by Crippen LogP contribution is 2.27. The van der Waals surface area contributed by atoms with E-state index >= 15 is 0 Å². The number of hydrogen-bond acceptors (Lipinski definition) is 4. The van der Waals surface area contributed by atoms with Crippen LogP contribution in [0.2, 0.25) is 0 Å². The van der Waals surface area contributed by atoms with Gasteiger partial charge in [-0.25, -0.2) is 0 Å². The average Bonchev–Trinajstić information content (AvgIpc) is 2.78. The number of ether oxygens (including phenoxy) is 2. The predicted octanol–water partition coefficient (Wildman–Crippen LogP) is 4.04. The Morgan fingerprint density at radius 2 is 1.77 bits per heavy atom. The van der Waals surface area contributed by atoms with E-state index in [0.29, 0.717) is 12.6 Å². The van der Waals surface area contributed by atoms with Crippen LogP contribution in [0, 0.1) is 0 Å². The monoisotopic (exact) mass is 530 g/mol. The van der Waals surface area contributed by atoms with E-state index in [1.54, 1.807) is 7.11 Å². The number of benzene rings is 1. The third-order valence-corrected chi connectivity index (χ3v) is 6.14. The first kappa shape index (κ1) is 25.0. The first-order valence-electron chi connectivity index (χ1n) is 11.2. The van der Waals surface area contributed by atoms with Crippen molar-refractivity contribution in [2.45, 2.75) is 70.1 Å². The first-order chi connectivity index (χ1) is 14.2. The molecule has 1 aromatic rings. The summed E-state index contributed by atoms with van der Waals surface area (Å²) in [6.45, 7) is 5.13. The van der Waals surface area contributed by atoms with Crippen molar-refractivity contribution in [2.75, 3.05) is 33.8 Å². The number of nitrogens with one attached hydrogen (secondary N) is 2. The minimum Gasteiger partial charge on any atom is -0.493 e. The molecule has 1 aromatic carbocycles. The Morgan fingerprint density at radius 3 is 2.40 bits per heavy atom. The van der Waals surface area contributed by atoms with Gasteiger partial charge in [-0.1, -0.05) is 31.4 Å². The van der Waals surface area contributed by atoms with Gasteiger partial charge in [0.15, 0.2) is 17.5 Å². The number of para-hydroxylation sites is 2. The topological polar surface area (TPSA) is 58.1 Å². The van der Waals surface area contributed by atoms with Crippen LogP contribution in [0.25, 0.3) is 0 Å². The number of likely N-dealkylation sites (tertiary alicyclic amines) is 1. The first-order valence-corrected chi connectivity index (χ1v) is 11.2. The maximum Gasteiger partial charge on any atom is 0.191 e. The molecular formula is C23H39IN4O2. The van der Waals surface area contributed by atoms with E-state index in [1.165, 1.54) is 58.0 Å². The molecule has 0 bridgehead atoms. The predicted molar refractivity (Wildman–Crippen MR) is 134 cm³/mol. The van der Waals surface area contributed by atoms with E-state index < -0.39 is 0 Å². The highest BCUT2D eigenvalue weighted by Gasteiger charge is 2.26. The summed E-state index contributed by atoms with van der Waals surface area (Å²) in [6.07, 6.45) is 9.41. The van der Waals surface area contributed by atoms with Gasteiger partial charge in [-0.05, 0) is 44.7 Å². The number of hydrogen-bond donors (Lipinski definition) is 2. The van der Waals surface area contributed by atoms with Gasteiger partial charge >= 0.3 is 0 Å². The van der Waals surface area contributed by atoms with Gasteiger partial charge in [0, 0.05) is 32.2 Å². The number of guanidine groups is 1. The molecule has 1 saturated heterocycles. The van der Waals surface area contributed by atoms with Crippen LogP contribution < -0.4 is 20.1 Å². The Morgan fingerprint density at radius 1 is 1.10 bits per heavy atom. The molecule has 1 aliphatic carbocycles. The molecule has 0 radical (unpaired) electrons. The molecule has 1 heterocycles. The van der Waals surface area contributed by atoms with Crippen molar-refractivity contribution in [3.8, 4) is 11.5 Å². The standard InChI is InChI=1S/C23H38N4O2.HI/c1-18(29-22-12-8-7-11-21(22)28-3)17-25-23(24-2)26-19-13-15-27(16-14-19)20-9-5-4-6-10-20;/h7-8,11-12,18-20H,4-6,9-10,13-17H2,1-3H3,(H2,24,25,26);1H. The lowest BCUT2D eigenvalue weighted by molar-refractivity contribution is 0.119. The van der Waals surface area contributed by atoms with E-state index in [9.17, 15) is 0 Å². The van der Waals surface area contributed by atoms with Crippen LogP contribution in [0.1, 0.15) is 51.9 Å². The van der Waals surface area contributed by atoms with Gasteiger partial charge in [0.25, 0.3) is 0 Å². The van der Waals surface area contributed by atoms with Crippen molar-refractivity contribution in [3.63, 3.8) is 0 Å². The number of methoxy groups -OCH3 is 1. The summed E-state index contributed by atoms with van der Waals surface area (Å²) in [6, 6.07) is 9.07. The molecule has 3 rings (SSSR count). The lowest BCUT2D eigenvalue weighted by Gasteiger charge is -2.39. The molecule has 30 heavy (non-hydrogen) atoms. The Hall–Kier alpha value is -1.22. The zero-order valence-electron chi connectivity index (χ0n) is 18.7. The molecule has 1 unspecified atom stereocenters. The Bertz CT molecular complexity index is 644. The SMILES string of the molecule is CN=C(NCC(C)Oc1ccccc1OC)NC1CCN(C2CCCCC2)CC1.I. The van der Waals surface area contributed by atoms with Gasteiger partial charge in [-0.15, -0.1) is 24.0 Å². The largest absolute Gasteiger partial charge is 0.493 e. The Balaban J connectivity index is 0.00000320. The Kier molecular flexibility index (Phi) is 11.1. The van der Waals surface area contributed by atoms with Gasteiger partial charge in [0.1, 0.15) is 6.10 Å². The molecule has 0 amide bonds. The van der Waals surface area contributed by atoms with Crippen LogP contribution in [-0.2, 0) is 0 Å². The van der Waals surface area contributed by atoms with Crippen LogP contribution in [0.5, 0.6) is 11.5 Å². The fourth-order valence-electron chi connectivity index (χ4n) is 4.46. The highest BCUT2D eigenvalue weighted by atomic mass is 127. The van der Waals surface area contributed by atoms with Gasteiger partial charge in [-0.3, -0.25) is 4.99 Å². The summed E-state index contributed by atoms with van der Waals surface area (Å²) in [4.78, 5) is 7.12. The summed E-state index contributed by atoms with van der Waals surface area (Å²) in [7, 11) is 3.49. The molecule has 0 aromatic heterocycles. The van der Waals surface area contributed by atoms with Crippen molar-refractivity contribution in [1.29, 1.82) is 0 Å². The maximum absolute atomic E-state index is 6.03. The van der Waals surface area contributed by atoms with Gasteiger partial charge in [0.05, 0.1) is 13.7 Å². The molecule has 2 aliphatic rings. The van der Waals surface area contributed by atoms with Crippen LogP contribution in [0.4, 0.5) is 0 Å². The number of aliphatic imine (C=N–C) groups is 1. The summed E-state index contributed by atoms with van der Waals surface area (Å²) in [5, 5.41) is 7.01. The van der Waals surface area contributed by atoms with Gasteiger partial charge < -0.3 is 25.0 Å². The normalized spacial score (nSPS) is 20.2. The van der Waals surface area contributed by atoms with Crippen LogP contribution >= 0.6 is 24.0 Å². The number of rotatable bonds is 7. The van der Waals surface area contributed by atoms with Crippen molar-refractivity contribution < 1.29 is 9.47 Å². The summed E-state index contributed by atoms with van der Waals surface area (Å²) in [5.41, 5.74) is 0. The lowest BCUT2D eigenvalue weighted by atomic mass is 9.92.